The molecular formula is C13H18N2O5. The van der Waals surface area contributed by atoms with Gasteiger partial charge in [0.25, 0.3) is 0 Å². The molecule has 1 rings (SSSR count). The van der Waals surface area contributed by atoms with Crippen molar-refractivity contribution in [3.63, 3.8) is 0 Å². The summed E-state index contributed by atoms with van der Waals surface area (Å²) in [6.07, 6.45) is 5.96. The first-order valence-corrected chi connectivity index (χ1v) is 6.36. The average Bonchev–Trinajstić information content (AvgIpc) is 2.38. The molecule has 0 radical (unpaired) electrons. The average molecular weight is 282 g/mol. The van der Waals surface area contributed by atoms with Gasteiger partial charge in [-0.25, -0.2) is 9.59 Å². The van der Waals surface area contributed by atoms with Gasteiger partial charge in [0, 0.05) is 5.71 Å². The number of carboxylic acid groups (broad SMARTS) is 1. The van der Waals surface area contributed by atoms with Crippen LogP contribution < -0.4 is 5.73 Å². The maximum absolute atomic E-state index is 11.6. The van der Waals surface area contributed by atoms with E-state index in [0.717, 1.165) is 25.0 Å². The Morgan fingerprint density at radius 3 is 2.70 bits per heavy atom. The smallest absolute Gasteiger partial charge is 0.338 e. The minimum atomic E-state index is -1.36. The Hall–Kier alpha value is -2.02. The zero-order valence-corrected chi connectivity index (χ0v) is 11.2. The number of ether oxygens (including phenoxy) is 1. The highest BCUT2D eigenvalue weighted by molar-refractivity contribution is 5.98. The van der Waals surface area contributed by atoms with Crippen molar-refractivity contribution >= 4 is 23.6 Å². The lowest BCUT2D eigenvalue weighted by Gasteiger charge is -2.12. The topological polar surface area (TPSA) is 119 Å². The van der Waals surface area contributed by atoms with Gasteiger partial charge in [-0.1, -0.05) is 6.08 Å². The fourth-order valence-electron chi connectivity index (χ4n) is 1.64. The SMILES string of the molecule is C[C@H](N=C1C=CCCC1)C(=O)OC(=O)[C@@H](N)CC(=O)O. The van der Waals surface area contributed by atoms with Crippen LogP contribution in [0.5, 0.6) is 0 Å². The Balaban J connectivity index is 2.53. The number of carbonyl (C=O) groups excluding carboxylic acids is 2. The molecule has 0 amide bonds. The maximum atomic E-state index is 11.6. The van der Waals surface area contributed by atoms with Crippen molar-refractivity contribution in [2.75, 3.05) is 0 Å². The molecule has 0 saturated carbocycles. The van der Waals surface area contributed by atoms with Gasteiger partial charge < -0.3 is 15.6 Å². The number of aliphatic imine (C=N–C) groups is 1. The monoisotopic (exact) mass is 282 g/mol. The van der Waals surface area contributed by atoms with E-state index in [1.807, 2.05) is 12.2 Å². The molecule has 3 N–H and O–H groups in total. The highest BCUT2D eigenvalue weighted by Crippen LogP contribution is 2.09. The number of allylic oxidation sites excluding steroid dienone is 2. The Bertz CT molecular complexity index is 456. The molecule has 0 bridgehead atoms. The summed E-state index contributed by atoms with van der Waals surface area (Å²) in [5, 5.41) is 8.49. The van der Waals surface area contributed by atoms with Gasteiger partial charge in [0.15, 0.2) is 0 Å². The van der Waals surface area contributed by atoms with Gasteiger partial charge in [-0.3, -0.25) is 9.79 Å². The molecule has 0 aromatic heterocycles. The summed E-state index contributed by atoms with van der Waals surface area (Å²) in [7, 11) is 0. The van der Waals surface area contributed by atoms with Crippen LogP contribution >= 0.6 is 0 Å². The lowest BCUT2D eigenvalue weighted by molar-refractivity contribution is -0.162. The first-order valence-electron chi connectivity index (χ1n) is 6.36. The van der Waals surface area contributed by atoms with Crippen molar-refractivity contribution in [1.82, 2.24) is 0 Å². The summed E-state index contributed by atoms with van der Waals surface area (Å²) in [4.78, 5) is 37.6. The second kappa shape index (κ2) is 7.54. The fraction of sp³-hybridized carbons (Fsp3) is 0.538. The highest BCUT2D eigenvalue weighted by atomic mass is 16.6. The number of carboxylic acids is 1. The summed E-state index contributed by atoms with van der Waals surface area (Å²) in [6.45, 7) is 1.51. The molecule has 110 valence electrons. The van der Waals surface area contributed by atoms with Gasteiger partial charge in [0.1, 0.15) is 12.1 Å². The van der Waals surface area contributed by atoms with Crippen molar-refractivity contribution in [2.24, 2.45) is 10.7 Å². The summed E-state index contributed by atoms with van der Waals surface area (Å²) in [5.74, 6) is -3.12. The predicted octanol–water partition coefficient (Wildman–Crippen LogP) is 0.428. The van der Waals surface area contributed by atoms with Crippen molar-refractivity contribution in [3.8, 4) is 0 Å². The molecule has 20 heavy (non-hydrogen) atoms. The Labute approximate surface area is 116 Å². The molecule has 0 aromatic carbocycles. The molecule has 0 heterocycles. The summed E-state index contributed by atoms with van der Waals surface area (Å²) < 4.78 is 4.52. The quantitative estimate of drug-likeness (QED) is 0.557. The van der Waals surface area contributed by atoms with E-state index < -0.39 is 36.4 Å². The summed E-state index contributed by atoms with van der Waals surface area (Å²) >= 11 is 0. The lowest BCUT2D eigenvalue weighted by atomic mass is 10.1. The van der Waals surface area contributed by atoms with Crippen LogP contribution in [-0.2, 0) is 19.1 Å². The Morgan fingerprint density at radius 2 is 2.15 bits per heavy atom. The van der Waals surface area contributed by atoms with Crippen molar-refractivity contribution < 1.29 is 24.2 Å². The predicted molar refractivity (Wildman–Crippen MR) is 71.2 cm³/mol. The third kappa shape index (κ3) is 5.31. The van der Waals surface area contributed by atoms with Gasteiger partial charge in [-0.2, -0.15) is 0 Å². The van der Waals surface area contributed by atoms with Crippen LogP contribution in [0.4, 0.5) is 0 Å². The molecule has 2 atom stereocenters. The first kappa shape index (κ1) is 16.0. The van der Waals surface area contributed by atoms with Gasteiger partial charge in [0.05, 0.1) is 6.42 Å². The fourth-order valence-corrected chi connectivity index (χ4v) is 1.64. The van der Waals surface area contributed by atoms with Crippen LogP contribution in [-0.4, -0.2) is 40.8 Å². The van der Waals surface area contributed by atoms with E-state index in [1.165, 1.54) is 6.92 Å². The van der Waals surface area contributed by atoms with Crippen LogP contribution in [0.2, 0.25) is 0 Å². The van der Waals surface area contributed by atoms with Gasteiger partial charge in [-0.15, -0.1) is 0 Å². The minimum absolute atomic E-state index is 0.586. The first-order chi connectivity index (χ1) is 9.40. The van der Waals surface area contributed by atoms with E-state index in [4.69, 9.17) is 10.8 Å². The molecule has 0 unspecified atom stereocenters. The van der Waals surface area contributed by atoms with Gasteiger partial charge in [-0.05, 0) is 32.3 Å². The maximum Gasteiger partial charge on any atom is 0.338 e. The number of nitrogens with two attached hydrogens (primary N) is 1. The number of aliphatic carboxylic acids is 1. The second-order valence-electron chi connectivity index (χ2n) is 4.54. The van der Waals surface area contributed by atoms with Gasteiger partial charge >= 0.3 is 17.9 Å². The standard InChI is InChI=1S/C13H18N2O5/c1-8(15-9-5-3-2-4-6-9)12(18)20-13(19)10(14)7-11(16)17/h3,5,8,10H,2,4,6-7,14H2,1H3,(H,16,17)/t8-,10-/m0/s1. The van der Waals surface area contributed by atoms with E-state index in [1.54, 1.807) is 0 Å². The summed E-state index contributed by atoms with van der Waals surface area (Å²) in [5.41, 5.74) is 6.08. The molecule has 0 aliphatic heterocycles. The third-order valence-corrected chi connectivity index (χ3v) is 2.71. The zero-order valence-electron chi connectivity index (χ0n) is 11.2. The second-order valence-corrected chi connectivity index (χ2v) is 4.54. The van der Waals surface area contributed by atoms with Crippen molar-refractivity contribution in [2.45, 2.75) is 44.7 Å². The minimum Gasteiger partial charge on any atom is -0.481 e. The molecule has 7 heteroatoms. The molecule has 1 aliphatic carbocycles. The molecular weight excluding hydrogens is 264 g/mol. The van der Waals surface area contributed by atoms with E-state index >= 15 is 0 Å². The van der Waals surface area contributed by atoms with E-state index in [9.17, 15) is 14.4 Å². The largest absolute Gasteiger partial charge is 0.481 e. The normalized spacial score (nSPS) is 19.4. The van der Waals surface area contributed by atoms with Crippen LogP contribution in [0.1, 0.15) is 32.6 Å². The molecule has 0 spiro atoms. The molecule has 7 nitrogen and oxygen atoms in total. The number of hydrogen-bond donors (Lipinski definition) is 2. The zero-order chi connectivity index (χ0) is 15.1. The van der Waals surface area contributed by atoms with Crippen LogP contribution in [0.15, 0.2) is 17.1 Å². The number of hydrogen-bond acceptors (Lipinski definition) is 6. The summed E-state index contributed by atoms with van der Waals surface area (Å²) in [6, 6.07) is -2.18. The number of nitrogens with zero attached hydrogens (tertiary/aromatic N) is 1. The van der Waals surface area contributed by atoms with Crippen molar-refractivity contribution in [1.29, 1.82) is 0 Å². The molecule has 1 aliphatic rings. The Kier molecular flexibility index (Phi) is 6.05. The lowest BCUT2D eigenvalue weighted by Crippen LogP contribution is -2.37. The molecule has 0 aromatic rings. The number of rotatable bonds is 5. The van der Waals surface area contributed by atoms with E-state index in [-0.39, 0.29) is 0 Å². The highest BCUT2D eigenvalue weighted by Gasteiger charge is 2.24. The van der Waals surface area contributed by atoms with Gasteiger partial charge in [0.2, 0.25) is 0 Å². The van der Waals surface area contributed by atoms with E-state index in [2.05, 4.69) is 9.73 Å². The van der Waals surface area contributed by atoms with Crippen LogP contribution in [0.3, 0.4) is 0 Å². The number of esters is 2. The molecule has 0 saturated heterocycles. The molecule has 0 fully saturated rings. The van der Waals surface area contributed by atoms with Crippen LogP contribution in [0, 0.1) is 0 Å². The van der Waals surface area contributed by atoms with Crippen LogP contribution in [0.25, 0.3) is 0 Å². The third-order valence-electron chi connectivity index (χ3n) is 2.71. The van der Waals surface area contributed by atoms with Crippen molar-refractivity contribution in [3.05, 3.63) is 12.2 Å². The van der Waals surface area contributed by atoms with E-state index in [0.29, 0.717) is 0 Å². The number of carbonyl (C=O) groups is 3. The Morgan fingerprint density at radius 1 is 1.45 bits per heavy atom.